The molecule has 3 aromatic rings. The van der Waals surface area contributed by atoms with Crippen molar-refractivity contribution in [2.24, 2.45) is 5.92 Å². The maximum Gasteiger partial charge on any atom is 0.225 e. The first-order valence-corrected chi connectivity index (χ1v) is 9.22. The van der Waals surface area contributed by atoms with Gasteiger partial charge in [-0.2, -0.15) is 0 Å². The van der Waals surface area contributed by atoms with Crippen molar-refractivity contribution < 1.29 is 9.53 Å². The van der Waals surface area contributed by atoms with E-state index in [9.17, 15) is 4.79 Å². The predicted molar refractivity (Wildman–Crippen MR) is 97.4 cm³/mol. The lowest BCUT2D eigenvalue weighted by Crippen LogP contribution is -2.22. The summed E-state index contributed by atoms with van der Waals surface area (Å²) in [6, 6.07) is 7.55. The summed E-state index contributed by atoms with van der Waals surface area (Å²) in [6.07, 6.45) is 4.08. The lowest BCUT2D eigenvalue weighted by molar-refractivity contribution is -0.117. The molecular weight excluding hydrogens is 336 g/mol. The van der Waals surface area contributed by atoms with Crippen molar-refractivity contribution >= 4 is 33.3 Å². The van der Waals surface area contributed by atoms with Crippen LogP contribution in [0.1, 0.15) is 19.3 Å². The number of nitrogens with zero attached hydrogens (tertiary/aromatic N) is 3. The monoisotopic (exact) mass is 354 g/mol. The first kappa shape index (κ1) is 16.1. The zero-order valence-corrected chi connectivity index (χ0v) is 14.5. The van der Waals surface area contributed by atoms with Crippen LogP contribution in [0.4, 0.5) is 5.82 Å². The van der Waals surface area contributed by atoms with Gasteiger partial charge in [0, 0.05) is 25.8 Å². The van der Waals surface area contributed by atoms with Crippen LogP contribution in [0.3, 0.4) is 0 Å². The molecule has 1 saturated heterocycles. The molecule has 1 N–H and O–H groups in total. The second-order valence-corrected chi connectivity index (χ2v) is 6.95. The van der Waals surface area contributed by atoms with Gasteiger partial charge in [0.05, 0.1) is 5.39 Å². The van der Waals surface area contributed by atoms with E-state index in [-0.39, 0.29) is 5.91 Å². The number of fused-ring (bicyclic) bond motifs is 1. The third-order valence-electron chi connectivity index (χ3n) is 4.29. The number of hydrogen-bond acceptors (Lipinski definition) is 6. The van der Waals surface area contributed by atoms with Crippen LogP contribution in [0.5, 0.6) is 0 Å². The van der Waals surface area contributed by atoms with Gasteiger partial charge in [-0.25, -0.2) is 9.97 Å². The Balaban J connectivity index is 1.59. The van der Waals surface area contributed by atoms with Crippen molar-refractivity contribution in [2.45, 2.75) is 19.3 Å². The number of anilines is 1. The quantitative estimate of drug-likeness (QED) is 0.776. The van der Waals surface area contributed by atoms with Gasteiger partial charge in [0.1, 0.15) is 16.3 Å². The molecule has 1 fully saturated rings. The standard InChI is InChI=1S/C18H18N4O2S/c23-15(11-12-4-8-24-9-5-12)20-16-13-6-10-25-18(13)22-17(21-16)14-3-1-2-7-19-14/h1-3,6-7,10,12H,4-5,8-9,11H2,(H,20,21,22,23). The van der Waals surface area contributed by atoms with Gasteiger partial charge in [0.15, 0.2) is 5.82 Å². The molecule has 1 aliphatic heterocycles. The Bertz CT molecular complexity index is 875. The molecule has 128 valence electrons. The molecule has 0 saturated carbocycles. The van der Waals surface area contributed by atoms with Crippen LogP contribution in [-0.2, 0) is 9.53 Å². The number of pyridine rings is 1. The molecule has 4 rings (SSSR count). The molecule has 0 bridgehead atoms. The van der Waals surface area contributed by atoms with E-state index in [4.69, 9.17) is 4.74 Å². The Hall–Kier alpha value is -2.38. The van der Waals surface area contributed by atoms with Crippen molar-refractivity contribution in [2.75, 3.05) is 18.5 Å². The number of amides is 1. The average molecular weight is 354 g/mol. The SMILES string of the molecule is O=C(CC1CCOCC1)Nc1nc(-c2ccccn2)nc2sccc12. The molecule has 0 aliphatic carbocycles. The maximum atomic E-state index is 12.5. The number of carbonyl (C=O) groups is 1. The third kappa shape index (κ3) is 3.67. The van der Waals surface area contributed by atoms with Gasteiger partial charge in [-0.05, 0) is 42.3 Å². The van der Waals surface area contributed by atoms with E-state index in [0.717, 1.165) is 36.3 Å². The van der Waals surface area contributed by atoms with Gasteiger partial charge < -0.3 is 10.1 Å². The second-order valence-electron chi connectivity index (χ2n) is 6.06. The first-order valence-electron chi connectivity index (χ1n) is 8.34. The summed E-state index contributed by atoms with van der Waals surface area (Å²) in [5.41, 5.74) is 0.692. The molecule has 0 unspecified atom stereocenters. The summed E-state index contributed by atoms with van der Waals surface area (Å²) in [7, 11) is 0. The molecule has 0 radical (unpaired) electrons. The summed E-state index contributed by atoms with van der Waals surface area (Å²) >= 11 is 1.53. The van der Waals surface area contributed by atoms with E-state index in [1.807, 2.05) is 29.6 Å². The molecule has 6 nitrogen and oxygen atoms in total. The van der Waals surface area contributed by atoms with Crippen molar-refractivity contribution in [3.63, 3.8) is 0 Å². The molecule has 0 aromatic carbocycles. The van der Waals surface area contributed by atoms with Gasteiger partial charge in [0.2, 0.25) is 5.91 Å². The predicted octanol–water partition coefficient (Wildman–Crippen LogP) is 3.51. The molecule has 3 aromatic heterocycles. The molecule has 0 spiro atoms. The lowest BCUT2D eigenvalue weighted by Gasteiger charge is -2.21. The van der Waals surface area contributed by atoms with Crippen LogP contribution >= 0.6 is 11.3 Å². The zero-order valence-electron chi connectivity index (χ0n) is 13.6. The highest BCUT2D eigenvalue weighted by Gasteiger charge is 2.19. The first-order chi connectivity index (χ1) is 12.3. The van der Waals surface area contributed by atoms with Crippen molar-refractivity contribution in [1.29, 1.82) is 0 Å². The number of rotatable bonds is 4. The summed E-state index contributed by atoms with van der Waals surface area (Å²) in [5.74, 6) is 1.45. The van der Waals surface area contributed by atoms with Gasteiger partial charge in [0.25, 0.3) is 0 Å². The Morgan fingerprint density at radius 3 is 2.92 bits per heavy atom. The van der Waals surface area contributed by atoms with Crippen LogP contribution in [0.15, 0.2) is 35.8 Å². The van der Waals surface area contributed by atoms with Gasteiger partial charge >= 0.3 is 0 Å². The Kier molecular flexibility index (Phi) is 4.67. The highest BCUT2D eigenvalue weighted by atomic mass is 32.1. The zero-order chi connectivity index (χ0) is 17.1. The number of hydrogen-bond donors (Lipinski definition) is 1. The van der Waals surface area contributed by atoms with E-state index in [1.165, 1.54) is 11.3 Å². The fourth-order valence-electron chi connectivity index (χ4n) is 2.96. The largest absolute Gasteiger partial charge is 0.381 e. The fraction of sp³-hybridized carbons (Fsp3) is 0.333. The fourth-order valence-corrected chi connectivity index (χ4v) is 3.72. The van der Waals surface area contributed by atoms with Crippen LogP contribution in [0, 0.1) is 5.92 Å². The lowest BCUT2D eigenvalue weighted by atomic mass is 9.96. The van der Waals surface area contributed by atoms with E-state index < -0.39 is 0 Å². The molecule has 7 heteroatoms. The number of carbonyl (C=O) groups excluding carboxylic acids is 1. The van der Waals surface area contributed by atoms with E-state index >= 15 is 0 Å². The summed E-state index contributed by atoms with van der Waals surface area (Å²) in [5, 5.41) is 5.80. The van der Waals surface area contributed by atoms with Crippen LogP contribution in [0.2, 0.25) is 0 Å². The van der Waals surface area contributed by atoms with Crippen LogP contribution in [0.25, 0.3) is 21.7 Å². The highest BCUT2D eigenvalue weighted by Crippen LogP contribution is 2.28. The Morgan fingerprint density at radius 2 is 2.12 bits per heavy atom. The molecule has 25 heavy (non-hydrogen) atoms. The van der Waals surface area contributed by atoms with Gasteiger partial charge in [-0.1, -0.05) is 6.07 Å². The van der Waals surface area contributed by atoms with Crippen molar-refractivity contribution in [1.82, 2.24) is 15.0 Å². The summed E-state index contributed by atoms with van der Waals surface area (Å²) in [6.45, 7) is 1.48. The minimum atomic E-state index is -0.00919. The van der Waals surface area contributed by atoms with Gasteiger partial charge in [-0.3, -0.25) is 9.78 Å². The van der Waals surface area contributed by atoms with E-state index in [2.05, 4.69) is 20.3 Å². The Labute approximate surface area is 149 Å². The normalized spacial score (nSPS) is 15.4. The molecule has 4 heterocycles. The molecule has 1 aliphatic rings. The highest BCUT2D eigenvalue weighted by molar-refractivity contribution is 7.16. The average Bonchev–Trinajstić information content (AvgIpc) is 3.12. The molecular formula is C18H18N4O2S. The Morgan fingerprint density at radius 1 is 1.24 bits per heavy atom. The summed E-state index contributed by atoms with van der Waals surface area (Å²) < 4.78 is 5.35. The molecule has 0 atom stereocenters. The van der Waals surface area contributed by atoms with Crippen molar-refractivity contribution in [3.05, 3.63) is 35.8 Å². The van der Waals surface area contributed by atoms with E-state index in [1.54, 1.807) is 6.20 Å². The summed E-state index contributed by atoms with van der Waals surface area (Å²) in [4.78, 5) is 26.7. The smallest absolute Gasteiger partial charge is 0.225 e. The topological polar surface area (TPSA) is 77.0 Å². The molecule has 1 amide bonds. The third-order valence-corrected chi connectivity index (χ3v) is 5.10. The minimum absolute atomic E-state index is 0.00919. The number of aromatic nitrogens is 3. The van der Waals surface area contributed by atoms with Crippen LogP contribution in [-0.4, -0.2) is 34.1 Å². The second kappa shape index (κ2) is 7.25. The minimum Gasteiger partial charge on any atom is -0.381 e. The van der Waals surface area contributed by atoms with Crippen LogP contribution < -0.4 is 5.32 Å². The van der Waals surface area contributed by atoms with Crippen molar-refractivity contribution in [3.8, 4) is 11.5 Å². The maximum absolute atomic E-state index is 12.5. The number of ether oxygens (including phenoxy) is 1. The van der Waals surface area contributed by atoms with Gasteiger partial charge in [-0.15, -0.1) is 11.3 Å². The number of thiophene rings is 1. The van der Waals surface area contributed by atoms with E-state index in [0.29, 0.717) is 29.7 Å². The number of nitrogens with one attached hydrogen (secondary N) is 1.